The summed E-state index contributed by atoms with van der Waals surface area (Å²) in [6.07, 6.45) is 0. The molecule has 1 aromatic rings. The number of hydrogen-bond acceptors (Lipinski definition) is 4. The Kier molecular flexibility index (Phi) is 3.73. The second-order valence-electron chi connectivity index (χ2n) is 2.55. The van der Waals surface area contributed by atoms with Crippen LogP contribution >= 0.6 is 11.6 Å². The summed E-state index contributed by atoms with van der Waals surface area (Å²) < 4.78 is 9.30. The van der Waals surface area contributed by atoms with E-state index >= 15 is 0 Å². The van der Waals surface area contributed by atoms with E-state index in [4.69, 9.17) is 22.1 Å². The summed E-state index contributed by atoms with van der Waals surface area (Å²) in [6.45, 7) is -0.107. The zero-order valence-corrected chi connectivity index (χ0v) is 8.38. The highest BCUT2D eigenvalue weighted by molar-refractivity contribution is 6.36. The van der Waals surface area contributed by atoms with Crippen molar-refractivity contribution in [2.24, 2.45) is 0 Å². The van der Waals surface area contributed by atoms with Crippen molar-refractivity contribution >= 4 is 23.3 Å². The van der Waals surface area contributed by atoms with Gasteiger partial charge in [-0.3, -0.25) is 0 Å². The summed E-state index contributed by atoms with van der Waals surface area (Å²) in [5.74, 6) is -0.552. The maximum atomic E-state index is 11.3. The SMILES string of the molecule is COCOC(=O)c1cccc(N)c1Cl. The molecule has 0 aliphatic carbocycles. The van der Waals surface area contributed by atoms with E-state index in [0.717, 1.165) is 0 Å². The van der Waals surface area contributed by atoms with Crippen LogP contribution in [0, 0.1) is 0 Å². The molecule has 0 aliphatic heterocycles. The number of esters is 1. The van der Waals surface area contributed by atoms with Crippen molar-refractivity contribution in [3.05, 3.63) is 28.8 Å². The molecule has 1 rings (SSSR count). The summed E-state index contributed by atoms with van der Waals surface area (Å²) in [5, 5.41) is 0.202. The van der Waals surface area contributed by atoms with Crippen molar-refractivity contribution in [3.63, 3.8) is 0 Å². The zero-order chi connectivity index (χ0) is 10.6. The molecular weight excluding hydrogens is 206 g/mol. The molecular formula is C9H10ClNO3. The van der Waals surface area contributed by atoms with Crippen molar-refractivity contribution in [2.75, 3.05) is 19.6 Å². The molecule has 0 fully saturated rings. The Hall–Kier alpha value is -1.26. The molecule has 0 spiro atoms. The Labute approximate surface area is 86.6 Å². The fourth-order valence-corrected chi connectivity index (χ4v) is 1.10. The molecule has 0 atom stereocenters. The summed E-state index contributed by atoms with van der Waals surface area (Å²) in [6, 6.07) is 4.77. The highest BCUT2D eigenvalue weighted by atomic mass is 35.5. The Morgan fingerprint density at radius 1 is 1.57 bits per heavy atom. The van der Waals surface area contributed by atoms with Gasteiger partial charge in [0.25, 0.3) is 0 Å². The van der Waals surface area contributed by atoms with Gasteiger partial charge in [-0.15, -0.1) is 0 Å². The predicted octanol–water partition coefficient (Wildman–Crippen LogP) is 1.68. The van der Waals surface area contributed by atoms with Crippen molar-refractivity contribution in [1.29, 1.82) is 0 Å². The second kappa shape index (κ2) is 4.83. The van der Waals surface area contributed by atoms with Gasteiger partial charge in [-0.1, -0.05) is 17.7 Å². The average Bonchev–Trinajstić information content (AvgIpc) is 2.18. The molecule has 0 heterocycles. The summed E-state index contributed by atoms with van der Waals surface area (Å²) >= 11 is 5.80. The van der Waals surface area contributed by atoms with Gasteiger partial charge in [0.05, 0.1) is 16.3 Å². The lowest BCUT2D eigenvalue weighted by molar-refractivity contribution is -0.0124. The summed E-state index contributed by atoms with van der Waals surface area (Å²) in [7, 11) is 1.42. The van der Waals surface area contributed by atoms with Gasteiger partial charge in [0.2, 0.25) is 0 Å². The number of methoxy groups -OCH3 is 1. The first kappa shape index (κ1) is 10.8. The van der Waals surface area contributed by atoms with Crippen molar-refractivity contribution in [1.82, 2.24) is 0 Å². The topological polar surface area (TPSA) is 61.5 Å². The number of carbonyl (C=O) groups excluding carboxylic acids is 1. The smallest absolute Gasteiger partial charge is 0.341 e. The fraction of sp³-hybridized carbons (Fsp3) is 0.222. The van der Waals surface area contributed by atoms with E-state index in [1.54, 1.807) is 12.1 Å². The maximum Gasteiger partial charge on any atom is 0.341 e. The van der Waals surface area contributed by atoms with E-state index in [1.807, 2.05) is 0 Å². The lowest BCUT2D eigenvalue weighted by atomic mass is 10.2. The van der Waals surface area contributed by atoms with Gasteiger partial charge in [0, 0.05) is 7.11 Å². The lowest BCUT2D eigenvalue weighted by Crippen LogP contribution is -2.08. The van der Waals surface area contributed by atoms with Crippen molar-refractivity contribution in [2.45, 2.75) is 0 Å². The van der Waals surface area contributed by atoms with Gasteiger partial charge in [-0.05, 0) is 12.1 Å². The monoisotopic (exact) mass is 215 g/mol. The van der Waals surface area contributed by atoms with E-state index in [0.29, 0.717) is 5.69 Å². The molecule has 0 unspecified atom stereocenters. The number of nitrogens with two attached hydrogens (primary N) is 1. The molecule has 0 aliphatic rings. The number of nitrogen functional groups attached to an aromatic ring is 1. The standard InChI is InChI=1S/C9H10ClNO3/c1-13-5-14-9(12)6-3-2-4-7(11)8(6)10/h2-4H,5,11H2,1H3. The van der Waals surface area contributed by atoms with Crippen LogP contribution in [0.3, 0.4) is 0 Å². The van der Waals surface area contributed by atoms with Crippen LogP contribution < -0.4 is 5.73 Å². The van der Waals surface area contributed by atoms with Gasteiger partial charge in [0.15, 0.2) is 6.79 Å². The van der Waals surface area contributed by atoms with E-state index in [-0.39, 0.29) is 17.4 Å². The molecule has 14 heavy (non-hydrogen) atoms. The molecule has 2 N–H and O–H groups in total. The van der Waals surface area contributed by atoms with Crippen LogP contribution in [0.4, 0.5) is 5.69 Å². The highest BCUT2D eigenvalue weighted by Gasteiger charge is 2.12. The third kappa shape index (κ3) is 2.37. The molecule has 5 heteroatoms. The summed E-state index contributed by atoms with van der Waals surface area (Å²) in [5.41, 5.74) is 6.10. The first-order valence-corrected chi connectivity index (χ1v) is 4.24. The van der Waals surface area contributed by atoms with Crippen LogP contribution in [0.1, 0.15) is 10.4 Å². The van der Waals surface area contributed by atoms with Crippen LogP contribution in [0.25, 0.3) is 0 Å². The normalized spacial score (nSPS) is 9.86. The number of hydrogen-bond donors (Lipinski definition) is 1. The molecule has 0 bridgehead atoms. The van der Waals surface area contributed by atoms with Crippen LogP contribution in [0.15, 0.2) is 18.2 Å². The largest absolute Gasteiger partial charge is 0.435 e. The Morgan fingerprint density at radius 3 is 2.93 bits per heavy atom. The number of carbonyl (C=O) groups is 1. The van der Waals surface area contributed by atoms with E-state index in [1.165, 1.54) is 13.2 Å². The minimum absolute atomic E-state index is 0.107. The van der Waals surface area contributed by atoms with E-state index < -0.39 is 5.97 Å². The molecule has 1 aromatic carbocycles. The van der Waals surface area contributed by atoms with Crippen LogP contribution in [0.5, 0.6) is 0 Å². The highest BCUT2D eigenvalue weighted by Crippen LogP contribution is 2.23. The van der Waals surface area contributed by atoms with Crippen LogP contribution in [-0.2, 0) is 9.47 Å². The molecule has 76 valence electrons. The first-order chi connectivity index (χ1) is 6.66. The molecule has 0 radical (unpaired) electrons. The van der Waals surface area contributed by atoms with Gasteiger partial charge >= 0.3 is 5.97 Å². The third-order valence-electron chi connectivity index (χ3n) is 1.56. The number of ether oxygens (including phenoxy) is 2. The van der Waals surface area contributed by atoms with Gasteiger partial charge in [0.1, 0.15) is 0 Å². The molecule has 0 saturated carbocycles. The second-order valence-corrected chi connectivity index (χ2v) is 2.93. The number of rotatable bonds is 3. The Morgan fingerprint density at radius 2 is 2.29 bits per heavy atom. The average molecular weight is 216 g/mol. The zero-order valence-electron chi connectivity index (χ0n) is 7.62. The Bertz CT molecular complexity index is 341. The van der Waals surface area contributed by atoms with Gasteiger partial charge in [-0.25, -0.2) is 4.79 Å². The number of halogens is 1. The minimum atomic E-state index is -0.552. The third-order valence-corrected chi connectivity index (χ3v) is 1.98. The number of benzene rings is 1. The molecule has 0 amide bonds. The predicted molar refractivity (Wildman–Crippen MR) is 53.2 cm³/mol. The first-order valence-electron chi connectivity index (χ1n) is 3.87. The molecule has 0 aromatic heterocycles. The maximum absolute atomic E-state index is 11.3. The Balaban J connectivity index is 2.84. The van der Waals surface area contributed by atoms with Crippen LogP contribution in [-0.4, -0.2) is 19.9 Å². The quantitative estimate of drug-likeness (QED) is 0.474. The summed E-state index contributed by atoms with van der Waals surface area (Å²) in [4.78, 5) is 11.3. The molecule has 0 saturated heterocycles. The van der Waals surface area contributed by atoms with Crippen LogP contribution in [0.2, 0.25) is 5.02 Å². The van der Waals surface area contributed by atoms with Gasteiger partial charge < -0.3 is 15.2 Å². The fourth-order valence-electron chi connectivity index (χ4n) is 0.898. The van der Waals surface area contributed by atoms with E-state index in [9.17, 15) is 4.79 Å². The minimum Gasteiger partial charge on any atom is -0.435 e. The van der Waals surface area contributed by atoms with Crippen molar-refractivity contribution in [3.8, 4) is 0 Å². The lowest BCUT2D eigenvalue weighted by Gasteiger charge is -2.06. The van der Waals surface area contributed by atoms with Gasteiger partial charge in [-0.2, -0.15) is 0 Å². The molecule has 4 nitrogen and oxygen atoms in total. The van der Waals surface area contributed by atoms with Crippen molar-refractivity contribution < 1.29 is 14.3 Å². The number of anilines is 1. The van der Waals surface area contributed by atoms with E-state index in [2.05, 4.69) is 4.74 Å².